The Balaban J connectivity index is 1.61. The molecule has 0 spiro atoms. The van der Waals surface area contributed by atoms with Crippen molar-refractivity contribution in [1.29, 1.82) is 0 Å². The van der Waals surface area contributed by atoms with Gasteiger partial charge in [-0.2, -0.15) is 0 Å². The van der Waals surface area contributed by atoms with E-state index < -0.39 is 22.8 Å². The Hall–Kier alpha value is -4.90. The molecular weight excluding hydrogens is 554 g/mol. The lowest BCUT2D eigenvalue weighted by Gasteiger charge is -2.26. The van der Waals surface area contributed by atoms with Gasteiger partial charge in [0, 0.05) is 12.1 Å². The summed E-state index contributed by atoms with van der Waals surface area (Å²) in [6.45, 7) is 4.48. The zero-order chi connectivity index (χ0) is 29.5. The Labute approximate surface area is 240 Å². The van der Waals surface area contributed by atoms with Crippen molar-refractivity contribution in [2.24, 2.45) is 0 Å². The summed E-state index contributed by atoms with van der Waals surface area (Å²) in [5.41, 5.74) is 0.778. The molecule has 1 aliphatic rings. The van der Waals surface area contributed by atoms with Gasteiger partial charge in [-0.05, 0) is 66.9 Å². The SMILES string of the molecule is CCCOc1ccc(N2C(=O)NC(=O)/C(=C/c3cc(Cl)c(OCc4cccc([N+](=O)[O-])c4)c(OCC)c3)C2=O)cc1. The summed E-state index contributed by atoms with van der Waals surface area (Å²) in [6.07, 6.45) is 2.12. The van der Waals surface area contributed by atoms with E-state index in [1.807, 2.05) is 6.92 Å². The van der Waals surface area contributed by atoms with Crippen LogP contribution in [-0.4, -0.2) is 36.0 Å². The number of nitro benzene ring substituents is 1. The number of nitrogens with zero attached hydrogens (tertiary/aromatic N) is 2. The standard InChI is InChI=1S/C29H26ClN3O8/c1-3-12-40-22-10-8-20(9-11-22)32-28(35)23(27(34)31-29(32)36)14-19-15-24(30)26(25(16-19)39-4-2)41-17-18-6-5-7-21(13-18)33(37)38/h5-11,13-16H,3-4,12,17H2,1-2H3,(H,31,34,36)/b23-14-. The predicted octanol–water partition coefficient (Wildman–Crippen LogP) is 5.68. The van der Waals surface area contributed by atoms with Crippen LogP contribution in [0.15, 0.2) is 66.2 Å². The van der Waals surface area contributed by atoms with Crippen molar-refractivity contribution in [2.45, 2.75) is 26.9 Å². The molecule has 1 N–H and O–H groups in total. The second-order valence-corrected chi connectivity index (χ2v) is 9.19. The molecule has 1 heterocycles. The number of nitrogens with one attached hydrogen (secondary N) is 1. The maximum absolute atomic E-state index is 13.3. The van der Waals surface area contributed by atoms with Gasteiger partial charge in [-0.1, -0.05) is 30.7 Å². The Morgan fingerprint density at radius 1 is 1.00 bits per heavy atom. The quantitative estimate of drug-likeness (QED) is 0.132. The first-order chi connectivity index (χ1) is 19.7. The number of non-ortho nitro benzene ring substituents is 1. The highest BCUT2D eigenvalue weighted by Gasteiger charge is 2.37. The number of anilines is 1. The number of ether oxygens (including phenoxy) is 3. The van der Waals surface area contributed by atoms with E-state index in [0.717, 1.165) is 11.3 Å². The Morgan fingerprint density at radius 2 is 1.76 bits per heavy atom. The molecule has 12 heteroatoms. The van der Waals surface area contributed by atoms with Crippen molar-refractivity contribution < 1.29 is 33.5 Å². The zero-order valence-corrected chi connectivity index (χ0v) is 23.0. The van der Waals surface area contributed by atoms with Crippen molar-refractivity contribution in [3.63, 3.8) is 0 Å². The number of barbiturate groups is 1. The minimum Gasteiger partial charge on any atom is -0.494 e. The van der Waals surface area contributed by atoms with Crippen LogP contribution in [0.2, 0.25) is 5.02 Å². The number of carbonyl (C=O) groups is 3. The molecule has 0 aliphatic carbocycles. The number of amides is 4. The summed E-state index contributed by atoms with van der Waals surface area (Å²) in [6, 6.07) is 14.5. The van der Waals surface area contributed by atoms with E-state index >= 15 is 0 Å². The molecule has 41 heavy (non-hydrogen) atoms. The van der Waals surface area contributed by atoms with Crippen LogP contribution < -0.4 is 24.4 Å². The van der Waals surface area contributed by atoms with Gasteiger partial charge in [-0.25, -0.2) is 9.69 Å². The Bertz CT molecular complexity index is 1520. The number of carbonyl (C=O) groups excluding carboxylic acids is 3. The summed E-state index contributed by atoms with van der Waals surface area (Å²) < 4.78 is 17.1. The summed E-state index contributed by atoms with van der Waals surface area (Å²) in [5.74, 6) is -0.682. The fraction of sp³-hybridized carbons (Fsp3) is 0.207. The zero-order valence-electron chi connectivity index (χ0n) is 22.2. The molecule has 1 saturated heterocycles. The number of benzene rings is 3. The van der Waals surface area contributed by atoms with Crippen LogP contribution in [0, 0.1) is 10.1 Å². The second-order valence-electron chi connectivity index (χ2n) is 8.78. The molecule has 0 saturated carbocycles. The Morgan fingerprint density at radius 3 is 2.44 bits per heavy atom. The van der Waals surface area contributed by atoms with Crippen molar-refractivity contribution in [2.75, 3.05) is 18.1 Å². The maximum Gasteiger partial charge on any atom is 0.335 e. The van der Waals surface area contributed by atoms with Crippen LogP contribution >= 0.6 is 11.6 Å². The Kier molecular flexibility index (Phi) is 9.20. The van der Waals surface area contributed by atoms with Crippen LogP contribution in [0.25, 0.3) is 6.08 Å². The highest BCUT2D eigenvalue weighted by Crippen LogP contribution is 2.38. The second kappa shape index (κ2) is 13.0. The third kappa shape index (κ3) is 6.82. The van der Waals surface area contributed by atoms with Gasteiger partial charge in [0.25, 0.3) is 17.5 Å². The van der Waals surface area contributed by atoms with Gasteiger partial charge in [0.15, 0.2) is 11.5 Å². The lowest BCUT2D eigenvalue weighted by Crippen LogP contribution is -2.54. The van der Waals surface area contributed by atoms with Crippen LogP contribution in [0.1, 0.15) is 31.4 Å². The summed E-state index contributed by atoms with van der Waals surface area (Å²) >= 11 is 6.50. The van der Waals surface area contributed by atoms with E-state index in [2.05, 4.69) is 5.32 Å². The molecule has 0 radical (unpaired) electrons. The molecule has 1 aliphatic heterocycles. The molecule has 0 bridgehead atoms. The number of nitro groups is 1. The minimum atomic E-state index is -0.877. The topological polar surface area (TPSA) is 137 Å². The van der Waals surface area contributed by atoms with Crippen molar-refractivity contribution in [1.82, 2.24) is 5.32 Å². The summed E-state index contributed by atoms with van der Waals surface area (Å²) in [5, 5.41) is 13.4. The molecule has 3 aromatic rings. The summed E-state index contributed by atoms with van der Waals surface area (Å²) in [4.78, 5) is 50.0. The smallest absolute Gasteiger partial charge is 0.335 e. The normalized spacial score (nSPS) is 14.2. The summed E-state index contributed by atoms with van der Waals surface area (Å²) in [7, 11) is 0. The maximum atomic E-state index is 13.3. The van der Waals surface area contributed by atoms with Crippen molar-refractivity contribution in [3.05, 3.63) is 92.5 Å². The molecule has 11 nitrogen and oxygen atoms in total. The third-order valence-electron chi connectivity index (χ3n) is 5.82. The van der Waals surface area contributed by atoms with E-state index in [9.17, 15) is 24.5 Å². The molecule has 0 aromatic heterocycles. The van der Waals surface area contributed by atoms with Gasteiger partial charge in [-0.3, -0.25) is 25.0 Å². The first kappa shape index (κ1) is 29.1. The number of hydrogen-bond donors (Lipinski definition) is 1. The fourth-order valence-corrected chi connectivity index (χ4v) is 4.23. The van der Waals surface area contributed by atoms with Crippen molar-refractivity contribution >= 4 is 46.9 Å². The number of rotatable bonds is 11. The van der Waals surface area contributed by atoms with E-state index in [1.165, 1.54) is 30.3 Å². The molecule has 4 rings (SSSR count). The third-order valence-corrected chi connectivity index (χ3v) is 6.10. The van der Waals surface area contributed by atoms with Gasteiger partial charge in [0.05, 0.1) is 28.8 Å². The highest BCUT2D eigenvalue weighted by atomic mass is 35.5. The van der Waals surface area contributed by atoms with E-state index in [1.54, 1.807) is 43.3 Å². The number of imide groups is 2. The number of urea groups is 1. The van der Waals surface area contributed by atoms with Gasteiger partial charge in [-0.15, -0.1) is 0 Å². The molecule has 3 aromatic carbocycles. The van der Waals surface area contributed by atoms with Gasteiger partial charge < -0.3 is 14.2 Å². The highest BCUT2D eigenvalue weighted by molar-refractivity contribution is 6.39. The largest absolute Gasteiger partial charge is 0.494 e. The average molecular weight is 580 g/mol. The molecule has 212 valence electrons. The molecule has 1 fully saturated rings. The number of halogens is 1. The van der Waals surface area contributed by atoms with Crippen LogP contribution in [0.3, 0.4) is 0 Å². The van der Waals surface area contributed by atoms with E-state index in [0.29, 0.717) is 23.5 Å². The molecular formula is C29H26ClN3O8. The number of hydrogen-bond acceptors (Lipinski definition) is 8. The average Bonchev–Trinajstić information content (AvgIpc) is 2.94. The fourth-order valence-electron chi connectivity index (χ4n) is 3.96. The van der Waals surface area contributed by atoms with Crippen LogP contribution in [0.5, 0.6) is 17.2 Å². The van der Waals surface area contributed by atoms with Gasteiger partial charge >= 0.3 is 6.03 Å². The first-order valence-corrected chi connectivity index (χ1v) is 13.1. The minimum absolute atomic E-state index is 0.0256. The van der Waals surface area contributed by atoms with Crippen molar-refractivity contribution in [3.8, 4) is 17.2 Å². The molecule has 4 amide bonds. The molecule has 0 atom stereocenters. The first-order valence-electron chi connectivity index (χ1n) is 12.7. The predicted molar refractivity (Wildman–Crippen MR) is 151 cm³/mol. The molecule has 0 unspecified atom stereocenters. The van der Waals surface area contributed by atoms with Gasteiger partial charge in [0.2, 0.25) is 0 Å². The van der Waals surface area contributed by atoms with E-state index in [4.69, 9.17) is 25.8 Å². The lowest BCUT2D eigenvalue weighted by molar-refractivity contribution is -0.384. The monoisotopic (exact) mass is 579 g/mol. The van der Waals surface area contributed by atoms with Crippen LogP contribution in [-0.2, 0) is 16.2 Å². The van der Waals surface area contributed by atoms with Crippen LogP contribution in [0.4, 0.5) is 16.2 Å². The van der Waals surface area contributed by atoms with E-state index in [-0.39, 0.29) is 46.7 Å². The lowest BCUT2D eigenvalue weighted by atomic mass is 10.1. The van der Waals surface area contributed by atoms with Gasteiger partial charge in [0.1, 0.15) is 17.9 Å².